The Morgan fingerprint density at radius 3 is 3.05 bits per heavy atom. The van der Waals surface area contributed by atoms with Crippen molar-refractivity contribution in [1.29, 1.82) is 0 Å². The number of carbonyl (C=O) groups is 1. The monoisotopic (exact) mass is 291 g/mol. The van der Waals surface area contributed by atoms with Crippen molar-refractivity contribution in [1.82, 2.24) is 0 Å². The third-order valence-electron chi connectivity index (χ3n) is 4.38. The molecular weight excluding hydrogens is 274 g/mol. The van der Waals surface area contributed by atoms with Gasteiger partial charge in [-0.25, -0.2) is 0 Å². The van der Waals surface area contributed by atoms with Crippen LogP contribution in [0.5, 0.6) is 5.75 Å². The summed E-state index contributed by atoms with van der Waals surface area (Å²) in [5, 5.41) is 11.2. The number of hydrogen-bond donors (Lipinski definition) is 0. The largest absolute Gasteiger partial charge is 0.486 e. The van der Waals surface area contributed by atoms with Crippen molar-refractivity contribution in [3.05, 3.63) is 32.9 Å². The summed E-state index contributed by atoms with van der Waals surface area (Å²) in [7, 11) is 1.39. The average Bonchev–Trinajstić information content (AvgIpc) is 3.09. The molecule has 1 unspecified atom stereocenters. The van der Waals surface area contributed by atoms with E-state index in [-0.39, 0.29) is 22.5 Å². The lowest BCUT2D eigenvalue weighted by molar-refractivity contribution is -0.385. The predicted molar refractivity (Wildman–Crippen MR) is 74.6 cm³/mol. The fourth-order valence-electron chi connectivity index (χ4n) is 3.45. The second kappa shape index (κ2) is 5.35. The first kappa shape index (κ1) is 13.9. The van der Waals surface area contributed by atoms with Crippen LogP contribution in [0, 0.1) is 10.1 Å². The highest BCUT2D eigenvalue weighted by molar-refractivity contribution is 5.69. The summed E-state index contributed by atoms with van der Waals surface area (Å²) in [6.07, 6.45) is 3.58. The Morgan fingerprint density at radius 2 is 2.33 bits per heavy atom. The molecule has 3 rings (SSSR count). The van der Waals surface area contributed by atoms with E-state index in [2.05, 4.69) is 4.74 Å². The van der Waals surface area contributed by atoms with Gasteiger partial charge in [0.15, 0.2) is 0 Å². The molecule has 112 valence electrons. The second-order valence-corrected chi connectivity index (χ2v) is 5.48. The zero-order chi connectivity index (χ0) is 15.0. The average molecular weight is 291 g/mol. The smallest absolute Gasteiger partial charge is 0.311 e. The molecule has 0 fully saturated rings. The molecule has 0 N–H and O–H groups in total. The maximum atomic E-state index is 11.3. The van der Waals surface area contributed by atoms with Gasteiger partial charge in [0, 0.05) is 24.5 Å². The van der Waals surface area contributed by atoms with Crippen molar-refractivity contribution in [3.8, 4) is 5.75 Å². The molecule has 2 aliphatic rings. The van der Waals surface area contributed by atoms with E-state index >= 15 is 0 Å². The van der Waals surface area contributed by atoms with Gasteiger partial charge in [-0.2, -0.15) is 0 Å². The van der Waals surface area contributed by atoms with Gasteiger partial charge in [0.05, 0.1) is 18.6 Å². The minimum atomic E-state index is -0.369. The lowest BCUT2D eigenvalue weighted by Gasteiger charge is -2.14. The first-order chi connectivity index (χ1) is 10.1. The minimum absolute atomic E-state index is 0.0786. The number of nitro groups is 1. The number of nitrogens with zero attached hydrogens (tertiary/aromatic N) is 1. The third kappa shape index (κ3) is 2.34. The van der Waals surface area contributed by atoms with E-state index in [0.717, 1.165) is 30.4 Å². The molecule has 21 heavy (non-hydrogen) atoms. The molecule has 0 amide bonds. The molecule has 1 heterocycles. The highest BCUT2D eigenvalue weighted by Crippen LogP contribution is 2.47. The van der Waals surface area contributed by atoms with Gasteiger partial charge in [-0.15, -0.1) is 0 Å². The molecule has 1 aliphatic carbocycles. The van der Waals surface area contributed by atoms with Gasteiger partial charge in [0.2, 0.25) is 5.75 Å². The molecule has 6 nitrogen and oxygen atoms in total. The molecule has 1 atom stereocenters. The molecule has 1 aromatic carbocycles. The number of benzene rings is 1. The SMILES string of the molecule is COC(=O)CCC1CCc2cc([N+](=O)[O-])c3c(c21)CCO3. The molecular formula is C15H17NO5. The first-order valence-electron chi connectivity index (χ1n) is 7.14. The van der Waals surface area contributed by atoms with Crippen molar-refractivity contribution in [2.24, 2.45) is 0 Å². The Balaban J connectivity index is 1.94. The van der Waals surface area contributed by atoms with Crippen molar-refractivity contribution in [2.45, 2.75) is 38.0 Å². The van der Waals surface area contributed by atoms with E-state index in [0.29, 0.717) is 25.2 Å². The van der Waals surface area contributed by atoms with Crippen LogP contribution in [0.3, 0.4) is 0 Å². The van der Waals surface area contributed by atoms with E-state index in [4.69, 9.17) is 4.74 Å². The van der Waals surface area contributed by atoms with Crippen molar-refractivity contribution in [3.63, 3.8) is 0 Å². The molecule has 6 heteroatoms. The molecule has 0 bridgehead atoms. The van der Waals surface area contributed by atoms with Crippen LogP contribution in [0.2, 0.25) is 0 Å². The van der Waals surface area contributed by atoms with Crippen LogP contribution in [0.15, 0.2) is 6.07 Å². The summed E-state index contributed by atoms with van der Waals surface area (Å²) in [5.74, 6) is 0.498. The van der Waals surface area contributed by atoms with E-state index in [1.165, 1.54) is 12.7 Å². The molecule has 0 spiro atoms. The van der Waals surface area contributed by atoms with Crippen LogP contribution in [0.25, 0.3) is 0 Å². The lowest BCUT2D eigenvalue weighted by atomic mass is 9.90. The predicted octanol–water partition coefficient (Wildman–Crippen LogP) is 2.51. The maximum absolute atomic E-state index is 11.3. The number of fused-ring (bicyclic) bond motifs is 3. The maximum Gasteiger partial charge on any atom is 0.311 e. The van der Waals surface area contributed by atoms with Crippen LogP contribution >= 0.6 is 0 Å². The van der Waals surface area contributed by atoms with Gasteiger partial charge < -0.3 is 9.47 Å². The topological polar surface area (TPSA) is 78.7 Å². The van der Waals surface area contributed by atoms with Gasteiger partial charge >= 0.3 is 11.7 Å². The zero-order valence-corrected chi connectivity index (χ0v) is 11.9. The van der Waals surface area contributed by atoms with Gasteiger partial charge in [-0.05, 0) is 36.3 Å². The number of esters is 1. The van der Waals surface area contributed by atoms with Gasteiger partial charge in [0.1, 0.15) is 0 Å². The third-order valence-corrected chi connectivity index (χ3v) is 4.38. The lowest BCUT2D eigenvalue weighted by Crippen LogP contribution is -2.05. The van der Waals surface area contributed by atoms with Crippen LogP contribution < -0.4 is 4.74 Å². The number of aryl methyl sites for hydroxylation is 1. The molecule has 0 aromatic heterocycles. The quantitative estimate of drug-likeness (QED) is 0.484. The number of hydrogen-bond acceptors (Lipinski definition) is 5. The highest BCUT2D eigenvalue weighted by Gasteiger charge is 2.35. The van der Waals surface area contributed by atoms with E-state index in [9.17, 15) is 14.9 Å². The van der Waals surface area contributed by atoms with E-state index in [1.807, 2.05) is 0 Å². The van der Waals surface area contributed by atoms with Crippen LogP contribution in [-0.4, -0.2) is 24.6 Å². The Morgan fingerprint density at radius 1 is 1.52 bits per heavy atom. The minimum Gasteiger partial charge on any atom is -0.486 e. The fourth-order valence-corrected chi connectivity index (χ4v) is 3.45. The first-order valence-corrected chi connectivity index (χ1v) is 7.14. The Hall–Kier alpha value is -2.11. The number of nitro benzene ring substituents is 1. The Labute approximate surface area is 122 Å². The zero-order valence-electron chi connectivity index (χ0n) is 11.9. The molecule has 1 aliphatic heterocycles. The van der Waals surface area contributed by atoms with E-state index in [1.54, 1.807) is 6.07 Å². The van der Waals surface area contributed by atoms with Crippen LogP contribution in [0.4, 0.5) is 5.69 Å². The number of rotatable bonds is 4. The van der Waals surface area contributed by atoms with Crippen LogP contribution in [0.1, 0.15) is 41.9 Å². The van der Waals surface area contributed by atoms with Gasteiger partial charge in [-0.3, -0.25) is 14.9 Å². The van der Waals surface area contributed by atoms with Gasteiger partial charge in [0.25, 0.3) is 0 Å². The summed E-state index contributed by atoms with van der Waals surface area (Å²) in [4.78, 5) is 22.1. The number of ether oxygens (including phenoxy) is 2. The number of carbonyl (C=O) groups excluding carboxylic acids is 1. The molecule has 0 radical (unpaired) electrons. The standard InChI is InChI=1S/C15H17NO5/c1-20-13(17)5-4-9-2-3-10-8-12(16(18)19)15-11(14(9)10)6-7-21-15/h8-9H,2-7H2,1H3. The number of methoxy groups -OCH3 is 1. The fraction of sp³-hybridized carbons (Fsp3) is 0.533. The summed E-state index contributed by atoms with van der Waals surface area (Å²) in [6, 6.07) is 1.65. The summed E-state index contributed by atoms with van der Waals surface area (Å²) < 4.78 is 10.2. The summed E-state index contributed by atoms with van der Waals surface area (Å²) in [6.45, 7) is 0.496. The Bertz CT molecular complexity index is 611. The normalized spacial score (nSPS) is 18.8. The molecule has 1 aromatic rings. The Kier molecular flexibility index (Phi) is 3.53. The highest BCUT2D eigenvalue weighted by atomic mass is 16.6. The molecule has 0 saturated carbocycles. The van der Waals surface area contributed by atoms with Crippen molar-refractivity contribution >= 4 is 11.7 Å². The van der Waals surface area contributed by atoms with Gasteiger partial charge in [-0.1, -0.05) is 0 Å². The van der Waals surface area contributed by atoms with Crippen molar-refractivity contribution < 1.29 is 19.2 Å². The second-order valence-electron chi connectivity index (χ2n) is 5.48. The van der Waals surface area contributed by atoms with E-state index < -0.39 is 0 Å². The summed E-state index contributed by atoms with van der Waals surface area (Å²) in [5.41, 5.74) is 3.28. The van der Waals surface area contributed by atoms with Crippen LogP contribution in [-0.2, 0) is 22.4 Å². The summed E-state index contributed by atoms with van der Waals surface area (Å²) >= 11 is 0. The molecule has 0 saturated heterocycles. The van der Waals surface area contributed by atoms with Crippen molar-refractivity contribution in [2.75, 3.05) is 13.7 Å².